The minimum atomic E-state index is -0.520. The van der Waals surface area contributed by atoms with Crippen molar-refractivity contribution in [2.24, 2.45) is 5.73 Å². The SMILES string of the molecule is NC(=O)Nc1ccsc1. The Labute approximate surface area is 56.5 Å². The standard InChI is InChI=1S/C5H6N2OS/c6-5(8)7-4-1-2-9-3-4/h1-3H,(H3,6,7,8). The molecule has 48 valence electrons. The molecule has 0 bridgehead atoms. The lowest BCUT2D eigenvalue weighted by atomic mass is 10.5. The molecule has 9 heavy (non-hydrogen) atoms. The zero-order valence-electron chi connectivity index (χ0n) is 4.63. The van der Waals surface area contributed by atoms with Gasteiger partial charge in [-0.25, -0.2) is 4.79 Å². The van der Waals surface area contributed by atoms with E-state index in [4.69, 9.17) is 5.73 Å². The molecule has 0 fully saturated rings. The van der Waals surface area contributed by atoms with Crippen molar-refractivity contribution >= 4 is 23.1 Å². The lowest BCUT2D eigenvalue weighted by Crippen LogP contribution is -2.18. The van der Waals surface area contributed by atoms with Crippen LogP contribution < -0.4 is 11.1 Å². The molecule has 3 nitrogen and oxygen atoms in total. The number of urea groups is 1. The van der Waals surface area contributed by atoms with E-state index in [1.54, 1.807) is 6.07 Å². The van der Waals surface area contributed by atoms with Gasteiger partial charge in [-0.05, 0) is 11.4 Å². The summed E-state index contributed by atoms with van der Waals surface area (Å²) in [6.45, 7) is 0. The predicted molar refractivity (Wildman–Crippen MR) is 37.5 cm³/mol. The molecular formula is C5H6N2OS. The Kier molecular flexibility index (Phi) is 1.69. The van der Waals surface area contributed by atoms with Crippen LogP contribution in [0.5, 0.6) is 0 Å². The molecule has 0 saturated carbocycles. The summed E-state index contributed by atoms with van der Waals surface area (Å²) in [5.74, 6) is 0. The van der Waals surface area contributed by atoms with E-state index in [1.165, 1.54) is 11.3 Å². The molecule has 0 saturated heterocycles. The Balaban J connectivity index is 2.58. The van der Waals surface area contributed by atoms with Crippen molar-refractivity contribution in [1.82, 2.24) is 0 Å². The maximum absolute atomic E-state index is 10.2. The fourth-order valence-corrected chi connectivity index (χ4v) is 1.07. The van der Waals surface area contributed by atoms with Crippen LogP contribution in [-0.2, 0) is 0 Å². The Hall–Kier alpha value is -1.03. The van der Waals surface area contributed by atoms with Gasteiger partial charge in [0, 0.05) is 5.38 Å². The predicted octanol–water partition coefficient (Wildman–Crippen LogP) is 1.24. The average molecular weight is 142 g/mol. The number of amides is 2. The summed E-state index contributed by atoms with van der Waals surface area (Å²) in [6.07, 6.45) is 0. The number of hydrogen-bond acceptors (Lipinski definition) is 2. The van der Waals surface area contributed by atoms with Crippen LogP contribution in [0.1, 0.15) is 0 Å². The molecule has 0 atom stereocenters. The topological polar surface area (TPSA) is 55.1 Å². The van der Waals surface area contributed by atoms with Crippen LogP contribution in [0.15, 0.2) is 16.8 Å². The first kappa shape index (κ1) is 6.10. The fraction of sp³-hybridized carbons (Fsp3) is 0. The monoisotopic (exact) mass is 142 g/mol. The zero-order valence-corrected chi connectivity index (χ0v) is 5.44. The summed E-state index contributed by atoms with van der Waals surface area (Å²) in [5.41, 5.74) is 5.60. The molecular weight excluding hydrogens is 136 g/mol. The van der Waals surface area contributed by atoms with Crippen LogP contribution in [0.4, 0.5) is 10.5 Å². The van der Waals surface area contributed by atoms with Gasteiger partial charge in [0.15, 0.2) is 0 Å². The maximum Gasteiger partial charge on any atom is 0.316 e. The smallest absolute Gasteiger partial charge is 0.316 e. The Bertz CT molecular complexity index is 195. The molecule has 0 unspecified atom stereocenters. The third-order valence-corrected chi connectivity index (χ3v) is 1.47. The van der Waals surface area contributed by atoms with E-state index in [0.29, 0.717) is 0 Å². The van der Waals surface area contributed by atoms with Gasteiger partial charge in [0.25, 0.3) is 0 Å². The molecule has 4 heteroatoms. The highest BCUT2D eigenvalue weighted by atomic mass is 32.1. The van der Waals surface area contributed by atoms with Gasteiger partial charge < -0.3 is 11.1 Å². The quantitative estimate of drug-likeness (QED) is 0.609. The van der Waals surface area contributed by atoms with E-state index in [9.17, 15) is 4.79 Å². The van der Waals surface area contributed by atoms with Crippen LogP contribution in [0.25, 0.3) is 0 Å². The van der Waals surface area contributed by atoms with E-state index < -0.39 is 6.03 Å². The van der Waals surface area contributed by atoms with Crippen molar-refractivity contribution in [2.45, 2.75) is 0 Å². The molecule has 3 N–H and O–H groups in total. The highest BCUT2D eigenvalue weighted by Gasteiger charge is 1.92. The molecule has 0 aromatic carbocycles. The van der Waals surface area contributed by atoms with E-state index >= 15 is 0 Å². The van der Waals surface area contributed by atoms with Crippen LogP contribution >= 0.6 is 11.3 Å². The molecule has 0 spiro atoms. The van der Waals surface area contributed by atoms with Crippen molar-refractivity contribution in [1.29, 1.82) is 0 Å². The molecule has 2 amide bonds. The normalized spacial score (nSPS) is 8.89. The largest absolute Gasteiger partial charge is 0.351 e. The van der Waals surface area contributed by atoms with Gasteiger partial charge in [0.05, 0.1) is 5.69 Å². The zero-order chi connectivity index (χ0) is 6.69. The number of anilines is 1. The van der Waals surface area contributed by atoms with E-state index in [2.05, 4.69) is 5.32 Å². The van der Waals surface area contributed by atoms with E-state index in [0.717, 1.165) is 5.69 Å². The van der Waals surface area contributed by atoms with E-state index in [-0.39, 0.29) is 0 Å². The number of carbonyl (C=O) groups excluding carboxylic acids is 1. The molecule has 0 radical (unpaired) electrons. The lowest BCUT2D eigenvalue weighted by molar-refractivity contribution is 0.259. The molecule has 1 heterocycles. The highest BCUT2D eigenvalue weighted by Crippen LogP contribution is 2.10. The first-order chi connectivity index (χ1) is 4.29. The highest BCUT2D eigenvalue weighted by molar-refractivity contribution is 7.08. The van der Waals surface area contributed by atoms with Gasteiger partial charge in [-0.15, -0.1) is 0 Å². The van der Waals surface area contributed by atoms with Crippen molar-refractivity contribution in [3.8, 4) is 0 Å². The summed E-state index contributed by atoms with van der Waals surface area (Å²) in [7, 11) is 0. The number of rotatable bonds is 1. The average Bonchev–Trinajstić information content (AvgIpc) is 2.15. The lowest BCUT2D eigenvalue weighted by Gasteiger charge is -1.92. The van der Waals surface area contributed by atoms with Gasteiger partial charge in [-0.3, -0.25) is 0 Å². The van der Waals surface area contributed by atoms with Gasteiger partial charge in [-0.2, -0.15) is 11.3 Å². The fourth-order valence-electron chi connectivity index (χ4n) is 0.478. The van der Waals surface area contributed by atoms with Crippen LogP contribution in [0.3, 0.4) is 0 Å². The summed E-state index contributed by atoms with van der Waals surface area (Å²) in [6, 6.07) is 1.27. The van der Waals surface area contributed by atoms with Crippen molar-refractivity contribution in [3.63, 3.8) is 0 Å². The molecule has 0 aliphatic rings. The number of hydrogen-bond donors (Lipinski definition) is 2. The Morgan fingerprint density at radius 1 is 1.78 bits per heavy atom. The molecule has 0 aliphatic carbocycles. The third kappa shape index (κ3) is 1.73. The van der Waals surface area contributed by atoms with Crippen molar-refractivity contribution < 1.29 is 4.79 Å². The number of thiophene rings is 1. The Morgan fingerprint density at radius 2 is 2.56 bits per heavy atom. The summed E-state index contributed by atoms with van der Waals surface area (Å²) < 4.78 is 0. The van der Waals surface area contributed by atoms with E-state index in [1.807, 2.05) is 10.8 Å². The second-order valence-corrected chi connectivity index (χ2v) is 2.28. The minimum absolute atomic E-state index is 0.520. The van der Waals surface area contributed by atoms with Crippen molar-refractivity contribution in [2.75, 3.05) is 5.32 Å². The van der Waals surface area contributed by atoms with Gasteiger partial charge in [-0.1, -0.05) is 0 Å². The number of primary amides is 1. The Morgan fingerprint density at radius 3 is 3.00 bits per heavy atom. The summed E-state index contributed by atoms with van der Waals surface area (Å²) in [4.78, 5) is 10.2. The van der Waals surface area contributed by atoms with Crippen LogP contribution in [0, 0.1) is 0 Å². The minimum Gasteiger partial charge on any atom is -0.351 e. The molecule has 1 rings (SSSR count). The number of carbonyl (C=O) groups is 1. The molecule has 1 aromatic rings. The second kappa shape index (κ2) is 2.50. The maximum atomic E-state index is 10.2. The third-order valence-electron chi connectivity index (χ3n) is 0.789. The first-order valence-corrected chi connectivity index (χ1v) is 3.32. The van der Waals surface area contributed by atoms with Gasteiger partial charge >= 0.3 is 6.03 Å². The van der Waals surface area contributed by atoms with Crippen molar-refractivity contribution in [3.05, 3.63) is 16.8 Å². The first-order valence-electron chi connectivity index (χ1n) is 2.37. The number of nitrogens with one attached hydrogen (secondary N) is 1. The van der Waals surface area contributed by atoms with Crippen LogP contribution in [-0.4, -0.2) is 6.03 Å². The summed E-state index contributed by atoms with van der Waals surface area (Å²) >= 11 is 1.51. The van der Waals surface area contributed by atoms with Crippen LogP contribution in [0.2, 0.25) is 0 Å². The van der Waals surface area contributed by atoms with Gasteiger partial charge in [0.2, 0.25) is 0 Å². The summed E-state index contributed by atoms with van der Waals surface area (Å²) in [5, 5.41) is 6.11. The molecule has 1 aromatic heterocycles. The second-order valence-electron chi connectivity index (χ2n) is 1.50. The van der Waals surface area contributed by atoms with Gasteiger partial charge in [0.1, 0.15) is 0 Å². The number of nitrogens with two attached hydrogens (primary N) is 1. The molecule has 0 aliphatic heterocycles.